The van der Waals surface area contributed by atoms with E-state index in [1.165, 1.54) is 35.2 Å². The Hall–Kier alpha value is -2.78. The van der Waals surface area contributed by atoms with Crippen LogP contribution < -0.4 is 9.62 Å². The molecule has 4 rings (SSSR count). The van der Waals surface area contributed by atoms with Crippen molar-refractivity contribution in [1.82, 2.24) is 10.2 Å². The lowest BCUT2D eigenvalue weighted by Crippen LogP contribution is -2.52. The molecule has 1 fully saturated rings. The summed E-state index contributed by atoms with van der Waals surface area (Å²) in [5.74, 6) is -0.896. The van der Waals surface area contributed by atoms with E-state index in [4.69, 9.17) is 34.8 Å². The van der Waals surface area contributed by atoms with Gasteiger partial charge in [0.15, 0.2) is 0 Å². The van der Waals surface area contributed by atoms with Crippen molar-refractivity contribution in [2.75, 3.05) is 10.8 Å². The molecule has 3 aromatic rings. The molecule has 218 valence electrons. The van der Waals surface area contributed by atoms with E-state index in [0.717, 1.165) is 35.6 Å². The van der Waals surface area contributed by atoms with Gasteiger partial charge in [-0.15, -0.1) is 0 Å². The first-order chi connectivity index (χ1) is 19.5. The van der Waals surface area contributed by atoms with Gasteiger partial charge in [0, 0.05) is 22.6 Å². The van der Waals surface area contributed by atoms with Crippen molar-refractivity contribution in [1.29, 1.82) is 0 Å². The van der Waals surface area contributed by atoms with Crippen molar-refractivity contribution in [2.45, 2.75) is 63.1 Å². The molecular weight excluding hydrogens is 605 g/mol. The van der Waals surface area contributed by atoms with E-state index in [2.05, 4.69) is 5.32 Å². The minimum absolute atomic E-state index is 0.0136. The standard InChI is InChI=1S/C30H32Cl3N3O4S/c1-20-10-13-26(14-11-20)41(39,40)36(28-17-24(32)12-15-27(28)33)19-29(37)35(18-22-6-5-7-23(31)16-22)21(2)30(38)34-25-8-3-4-9-25/h5-7,10-17,21,25H,3-4,8-9,18-19H2,1-2H3,(H,34,38). The van der Waals surface area contributed by atoms with Gasteiger partial charge < -0.3 is 10.2 Å². The Bertz CT molecular complexity index is 1510. The summed E-state index contributed by atoms with van der Waals surface area (Å²) in [6.07, 6.45) is 3.85. The lowest BCUT2D eigenvalue weighted by molar-refractivity contribution is -0.139. The van der Waals surface area contributed by atoms with Crippen LogP contribution in [0.1, 0.15) is 43.7 Å². The van der Waals surface area contributed by atoms with Gasteiger partial charge in [0.25, 0.3) is 10.0 Å². The molecule has 7 nitrogen and oxygen atoms in total. The Morgan fingerprint density at radius 2 is 1.61 bits per heavy atom. The second-order valence-electron chi connectivity index (χ2n) is 10.2. The molecule has 41 heavy (non-hydrogen) atoms. The van der Waals surface area contributed by atoms with Crippen molar-refractivity contribution in [2.24, 2.45) is 0 Å². The third-order valence-electron chi connectivity index (χ3n) is 7.18. The largest absolute Gasteiger partial charge is 0.352 e. The molecule has 0 aromatic heterocycles. The third-order valence-corrected chi connectivity index (χ3v) is 9.74. The molecule has 1 unspecified atom stereocenters. The fourth-order valence-electron chi connectivity index (χ4n) is 4.83. The summed E-state index contributed by atoms with van der Waals surface area (Å²) < 4.78 is 28.9. The first-order valence-electron chi connectivity index (χ1n) is 13.3. The summed E-state index contributed by atoms with van der Waals surface area (Å²) in [6.45, 7) is 2.91. The molecule has 0 spiro atoms. The van der Waals surface area contributed by atoms with Crippen LogP contribution in [0.3, 0.4) is 0 Å². The van der Waals surface area contributed by atoms with E-state index in [1.807, 2.05) is 6.92 Å². The molecule has 0 saturated heterocycles. The molecule has 1 aliphatic carbocycles. The van der Waals surface area contributed by atoms with E-state index in [0.29, 0.717) is 10.6 Å². The number of carbonyl (C=O) groups is 2. The van der Waals surface area contributed by atoms with Crippen LogP contribution in [0.15, 0.2) is 71.6 Å². The quantitative estimate of drug-likeness (QED) is 0.271. The smallest absolute Gasteiger partial charge is 0.264 e. The maximum Gasteiger partial charge on any atom is 0.264 e. The minimum atomic E-state index is -4.26. The molecule has 0 aliphatic heterocycles. The van der Waals surface area contributed by atoms with E-state index in [9.17, 15) is 18.0 Å². The second-order valence-corrected chi connectivity index (χ2v) is 13.4. The minimum Gasteiger partial charge on any atom is -0.352 e. The van der Waals surface area contributed by atoms with Gasteiger partial charge in [0.05, 0.1) is 15.6 Å². The van der Waals surface area contributed by atoms with Crippen molar-refractivity contribution < 1.29 is 18.0 Å². The molecule has 1 N–H and O–H groups in total. The van der Waals surface area contributed by atoms with Crippen molar-refractivity contribution in [3.63, 3.8) is 0 Å². The molecule has 1 saturated carbocycles. The van der Waals surface area contributed by atoms with Crippen LogP contribution in [-0.4, -0.2) is 43.8 Å². The summed E-state index contributed by atoms with van der Waals surface area (Å²) >= 11 is 18.9. The number of amides is 2. The van der Waals surface area contributed by atoms with Crippen LogP contribution in [0.5, 0.6) is 0 Å². The fraction of sp³-hybridized carbons (Fsp3) is 0.333. The van der Waals surface area contributed by atoms with Crippen LogP contribution in [0.2, 0.25) is 15.1 Å². The van der Waals surface area contributed by atoms with E-state index < -0.39 is 28.5 Å². The molecular formula is C30H32Cl3N3O4S. The summed E-state index contributed by atoms with van der Waals surface area (Å²) in [5, 5.41) is 3.88. The Balaban J connectivity index is 1.72. The van der Waals surface area contributed by atoms with Gasteiger partial charge in [-0.2, -0.15) is 0 Å². The lowest BCUT2D eigenvalue weighted by atomic mass is 10.1. The van der Waals surface area contributed by atoms with E-state index >= 15 is 0 Å². The second kappa shape index (κ2) is 13.5. The average molecular weight is 637 g/mol. The summed E-state index contributed by atoms with van der Waals surface area (Å²) in [6, 6.07) is 16.8. The van der Waals surface area contributed by atoms with Gasteiger partial charge in [-0.3, -0.25) is 13.9 Å². The zero-order valence-electron chi connectivity index (χ0n) is 22.8. The number of sulfonamides is 1. The first-order valence-corrected chi connectivity index (χ1v) is 15.9. The highest BCUT2D eigenvalue weighted by Gasteiger charge is 2.34. The number of hydrogen-bond donors (Lipinski definition) is 1. The Morgan fingerprint density at radius 3 is 2.27 bits per heavy atom. The zero-order valence-corrected chi connectivity index (χ0v) is 25.9. The number of nitrogens with zero attached hydrogens (tertiary/aromatic N) is 2. The SMILES string of the molecule is Cc1ccc(S(=O)(=O)N(CC(=O)N(Cc2cccc(Cl)c2)C(C)C(=O)NC2CCCC2)c2cc(Cl)ccc2Cl)cc1. The normalized spacial score (nSPS) is 14.5. The van der Waals surface area contributed by atoms with Crippen molar-refractivity contribution >= 4 is 62.3 Å². The third kappa shape index (κ3) is 7.74. The number of hydrogen-bond acceptors (Lipinski definition) is 4. The van der Waals surface area contributed by atoms with Crippen LogP contribution in [0.4, 0.5) is 5.69 Å². The number of aryl methyl sites for hydroxylation is 1. The molecule has 1 aliphatic rings. The maximum atomic E-state index is 14.1. The lowest BCUT2D eigenvalue weighted by Gasteiger charge is -2.32. The molecule has 11 heteroatoms. The highest BCUT2D eigenvalue weighted by Crippen LogP contribution is 2.33. The highest BCUT2D eigenvalue weighted by molar-refractivity contribution is 7.92. The fourth-order valence-corrected chi connectivity index (χ4v) is 6.91. The summed E-state index contributed by atoms with van der Waals surface area (Å²) in [7, 11) is -4.26. The van der Waals surface area contributed by atoms with Gasteiger partial charge >= 0.3 is 0 Å². The molecule has 2 amide bonds. The van der Waals surface area contributed by atoms with Crippen LogP contribution in [-0.2, 0) is 26.2 Å². The highest BCUT2D eigenvalue weighted by atomic mass is 35.5. The molecule has 0 heterocycles. The Morgan fingerprint density at radius 1 is 0.951 bits per heavy atom. The predicted molar refractivity (Wildman–Crippen MR) is 164 cm³/mol. The first kappa shape index (κ1) is 31.2. The number of nitrogens with one attached hydrogen (secondary N) is 1. The number of rotatable bonds is 10. The van der Waals surface area contributed by atoms with E-state index in [1.54, 1.807) is 43.3 Å². The van der Waals surface area contributed by atoms with Gasteiger partial charge in [0.2, 0.25) is 11.8 Å². The summed E-state index contributed by atoms with van der Waals surface area (Å²) in [5.41, 5.74) is 1.63. The number of anilines is 1. The van der Waals surface area contributed by atoms with Gasteiger partial charge in [-0.1, -0.05) is 77.5 Å². The summed E-state index contributed by atoms with van der Waals surface area (Å²) in [4.78, 5) is 28.7. The Kier molecular flexibility index (Phi) is 10.2. The topological polar surface area (TPSA) is 86.8 Å². The monoisotopic (exact) mass is 635 g/mol. The Labute approximate surface area is 256 Å². The molecule has 3 aromatic carbocycles. The number of carbonyl (C=O) groups excluding carboxylic acids is 2. The van der Waals surface area contributed by atoms with Crippen molar-refractivity contribution in [3.05, 3.63) is 92.9 Å². The molecule has 1 atom stereocenters. The van der Waals surface area contributed by atoms with Crippen LogP contribution in [0, 0.1) is 6.92 Å². The number of halogens is 3. The average Bonchev–Trinajstić information content (AvgIpc) is 3.44. The zero-order chi connectivity index (χ0) is 29.7. The molecule has 0 bridgehead atoms. The predicted octanol–water partition coefficient (Wildman–Crippen LogP) is 6.63. The van der Waals surface area contributed by atoms with Gasteiger partial charge in [-0.25, -0.2) is 8.42 Å². The van der Waals surface area contributed by atoms with E-state index in [-0.39, 0.29) is 39.1 Å². The maximum absolute atomic E-state index is 14.1. The van der Waals surface area contributed by atoms with Crippen molar-refractivity contribution in [3.8, 4) is 0 Å². The van der Waals surface area contributed by atoms with Crippen LogP contribution in [0.25, 0.3) is 0 Å². The number of benzene rings is 3. The van der Waals surface area contributed by atoms with Gasteiger partial charge in [-0.05, 0) is 74.7 Å². The van der Waals surface area contributed by atoms with Crippen LogP contribution >= 0.6 is 34.8 Å². The van der Waals surface area contributed by atoms with Gasteiger partial charge in [0.1, 0.15) is 12.6 Å². The molecule has 0 radical (unpaired) electrons.